The van der Waals surface area contributed by atoms with Gasteiger partial charge in [0.15, 0.2) is 0 Å². The Labute approximate surface area is 208 Å². The van der Waals surface area contributed by atoms with Crippen molar-refractivity contribution in [2.45, 2.75) is 52.6 Å². The van der Waals surface area contributed by atoms with E-state index in [1.54, 1.807) is 4.23 Å². The van der Waals surface area contributed by atoms with E-state index >= 15 is 0 Å². The summed E-state index contributed by atoms with van der Waals surface area (Å²) in [5, 5.41) is 4.50. The molecule has 2 nitrogen and oxygen atoms in total. The summed E-state index contributed by atoms with van der Waals surface area (Å²) in [6, 6.07) is 34.0. The van der Waals surface area contributed by atoms with Gasteiger partial charge in [0.1, 0.15) is 0 Å². The van der Waals surface area contributed by atoms with E-state index < -0.39 is 5.45 Å². The molecule has 0 aliphatic carbocycles. The van der Waals surface area contributed by atoms with E-state index in [-0.39, 0.29) is 11.1 Å². The van der Waals surface area contributed by atoms with Crippen LogP contribution in [0.1, 0.15) is 41.5 Å². The minimum atomic E-state index is -2.30. The zero-order valence-electron chi connectivity index (χ0n) is 20.8. The molecule has 0 N–H and O–H groups in total. The van der Waals surface area contributed by atoms with E-state index in [0.29, 0.717) is 17.0 Å². The summed E-state index contributed by atoms with van der Waals surface area (Å²) in [6.07, 6.45) is 0. The second-order valence-corrected chi connectivity index (χ2v) is 19.1. The van der Waals surface area contributed by atoms with Crippen molar-refractivity contribution in [1.82, 2.24) is 9.80 Å². The Balaban J connectivity index is 2.09. The van der Waals surface area contributed by atoms with Crippen molar-refractivity contribution >= 4 is 25.6 Å². The second kappa shape index (κ2) is 9.66. The van der Waals surface area contributed by atoms with Gasteiger partial charge in [0.05, 0.1) is 0 Å². The van der Waals surface area contributed by atoms with E-state index in [1.807, 2.05) is 0 Å². The molecule has 1 saturated heterocycles. The van der Waals surface area contributed by atoms with E-state index in [2.05, 4.69) is 142 Å². The predicted octanol–water partition coefficient (Wildman–Crippen LogP) is 5.01. The van der Waals surface area contributed by atoms with Crippen LogP contribution in [0, 0.1) is 0 Å². The summed E-state index contributed by atoms with van der Waals surface area (Å²) in [6.45, 7) is 16.4. The van der Waals surface area contributed by atoms with Gasteiger partial charge in [-0.05, 0) is 0 Å². The van der Waals surface area contributed by atoms with Crippen LogP contribution in [0.3, 0.4) is 0 Å². The van der Waals surface area contributed by atoms with Gasteiger partial charge in [-0.3, -0.25) is 0 Å². The maximum absolute atomic E-state index is 2.70. The molecule has 0 unspecified atom stereocenters. The van der Waals surface area contributed by atoms with Crippen molar-refractivity contribution in [2.24, 2.45) is 0 Å². The van der Waals surface area contributed by atoms with E-state index in [9.17, 15) is 0 Å². The van der Waals surface area contributed by atoms with Crippen molar-refractivity contribution < 1.29 is 17.0 Å². The number of hydrogen-bond acceptors (Lipinski definition) is 2. The molecule has 4 rings (SSSR count). The second-order valence-electron chi connectivity index (χ2n) is 10.7. The number of benzene rings is 3. The Morgan fingerprint density at radius 2 is 0.848 bits per heavy atom. The SMILES string of the molecule is CC(C)(C)N1CCN(C(C)(C)C)[C]1=[Pd][PH](c1ccccc1)(c1ccccc1)c1ccccc1. The van der Waals surface area contributed by atoms with Crippen LogP contribution < -0.4 is 15.9 Å². The third-order valence-electron chi connectivity index (χ3n) is 6.23. The van der Waals surface area contributed by atoms with Gasteiger partial charge in [-0.1, -0.05) is 0 Å². The first-order valence-corrected chi connectivity index (χ1v) is 16.8. The molecular formula is C29H38N2PPd. The molecule has 3 aromatic carbocycles. The molecule has 0 radical (unpaired) electrons. The fourth-order valence-corrected chi connectivity index (χ4v) is 16.6. The molecule has 0 bridgehead atoms. The molecular weight excluding hydrogens is 514 g/mol. The summed E-state index contributed by atoms with van der Waals surface area (Å²) in [7, 11) is 0. The van der Waals surface area contributed by atoms with Crippen molar-refractivity contribution in [3.8, 4) is 0 Å². The van der Waals surface area contributed by atoms with E-state index in [0.717, 1.165) is 13.1 Å². The van der Waals surface area contributed by atoms with Gasteiger partial charge in [0, 0.05) is 0 Å². The number of nitrogens with zero attached hydrogens (tertiary/aromatic N) is 2. The Morgan fingerprint density at radius 3 is 1.12 bits per heavy atom. The van der Waals surface area contributed by atoms with Crippen LogP contribution in [0.15, 0.2) is 91.0 Å². The molecule has 33 heavy (non-hydrogen) atoms. The zero-order chi connectivity index (χ0) is 23.7. The van der Waals surface area contributed by atoms with Gasteiger partial charge in [0.2, 0.25) is 0 Å². The standard InChI is InChI=1S/C18H15P.C11H22N2.Pd/c1-4-10-16(11-5-1)19(17-12-6-2-7-13-17)18-14-8-3-9-15-18;1-10(2,3)12-7-8-13(9-12)11(4,5)6;/h1-15H;7-8H2,1-6H3;/q;;-1/p+1. The zero-order valence-corrected chi connectivity index (χ0v) is 23.3. The third kappa shape index (κ3) is 5.00. The van der Waals surface area contributed by atoms with Gasteiger partial charge in [0.25, 0.3) is 0 Å². The van der Waals surface area contributed by atoms with Crippen molar-refractivity contribution in [2.75, 3.05) is 13.1 Å². The monoisotopic (exact) mass is 551 g/mol. The Morgan fingerprint density at radius 1 is 0.545 bits per heavy atom. The van der Waals surface area contributed by atoms with Crippen molar-refractivity contribution in [1.29, 1.82) is 0 Å². The maximum atomic E-state index is 2.70. The summed E-state index contributed by atoms with van der Waals surface area (Å²) in [5.74, 6) is 0. The molecule has 179 valence electrons. The fourth-order valence-electron chi connectivity index (χ4n) is 4.50. The van der Waals surface area contributed by atoms with Crippen LogP contribution in [0.5, 0.6) is 0 Å². The van der Waals surface area contributed by atoms with Crippen LogP contribution >= 0.6 is 5.45 Å². The van der Waals surface area contributed by atoms with E-state index in [4.69, 9.17) is 0 Å². The van der Waals surface area contributed by atoms with E-state index in [1.165, 1.54) is 15.9 Å². The average molecular weight is 552 g/mol. The van der Waals surface area contributed by atoms with Gasteiger partial charge in [-0.15, -0.1) is 0 Å². The number of hydrogen-bond donors (Lipinski definition) is 0. The minimum absolute atomic E-state index is 0.0954. The normalized spacial score (nSPS) is 17.0. The molecule has 1 heterocycles. The van der Waals surface area contributed by atoms with Gasteiger partial charge in [-0.2, -0.15) is 0 Å². The first-order valence-electron chi connectivity index (χ1n) is 11.8. The third-order valence-corrected chi connectivity index (χ3v) is 17.6. The quantitative estimate of drug-likeness (QED) is 0.332. The number of rotatable bonds is 4. The molecule has 0 spiro atoms. The molecule has 1 aliphatic rings. The molecule has 1 aliphatic heterocycles. The van der Waals surface area contributed by atoms with Crippen molar-refractivity contribution in [3.05, 3.63) is 91.0 Å². The molecule has 0 atom stereocenters. The summed E-state index contributed by atoms with van der Waals surface area (Å²) in [4.78, 5) is 5.40. The van der Waals surface area contributed by atoms with Gasteiger partial charge < -0.3 is 0 Å². The first-order chi connectivity index (χ1) is 15.6. The Bertz CT molecular complexity index is 963. The first kappa shape index (κ1) is 24.7. The molecule has 0 aromatic heterocycles. The fraction of sp³-hybridized carbons (Fsp3) is 0.345. The van der Waals surface area contributed by atoms with Crippen LogP contribution in [-0.4, -0.2) is 38.2 Å². The summed E-state index contributed by atoms with van der Waals surface area (Å²) < 4.78 is 1.55. The van der Waals surface area contributed by atoms with Crippen LogP contribution in [-0.2, 0) is 17.0 Å². The predicted molar refractivity (Wildman–Crippen MR) is 144 cm³/mol. The summed E-state index contributed by atoms with van der Waals surface area (Å²) in [5.41, 5.74) is -2.11. The molecule has 0 amide bonds. The van der Waals surface area contributed by atoms with Crippen LogP contribution in [0.25, 0.3) is 0 Å². The summed E-state index contributed by atoms with van der Waals surface area (Å²) >= 11 is 0.406. The Hall–Kier alpha value is -1.46. The topological polar surface area (TPSA) is 6.48 Å². The van der Waals surface area contributed by atoms with Gasteiger partial charge >= 0.3 is 209 Å². The average Bonchev–Trinajstić information content (AvgIpc) is 3.24. The molecule has 3 aromatic rings. The van der Waals surface area contributed by atoms with Gasteiger partial charge in [-0.25, -0.2) is 0 Å². The molecule has 1 fully saturated rings. The Kier molecular flexibility index (Phi) is 7.22. The molecule has 4 heteroatoms. The van der Waals surface area contributed by atoms with Crippen LogP contribution in [0.4, 0.5) is 0 Å². The molecule has 0 saturated carbocycles. The van der Waals surface area contributed by atoms with Crippen LogP contribution in [0.2, 0.25) is 0 Å². The van der Waals surface area contributed by atoms with Crippen molar-refractivity contribution in [3.63, 3.8) is 0 Å².